The third-order valence-corrected chi connectivity index (χ3v) is 5.34. The highest BCUT2D eigenvalue weighted by Crippen LogP contribution is 2.22. The number of hydrogen-bond donors (Lipinski definition) is 2. The Labute approximate surface area is 145 Å². The van der Waals surface area contributed by atoms with Crippen molar-refractivity contribution < 1.29 is 13.2 Å². The quantitative estimate of drug-likeness (QED) is 0.767. The highest BCUT2D eigenvalue weighted by molar-refractivity contribution is 7.89. The van der Waals surface area contributed by atoms with E-state index in [-0.39, 0.29) is 23.4 Å². The lowest BCUT2D eigenvalue weighted by atomic mass is 10.2. The lowest BCUT2D eigenvalue weighted by Crippen LogP contribution is -2.26. The number of benzene rings is 1. The van der Waals surface area contributed by atoms with Crippen LogP contribution in [-0.2, 0) is 16.6 Å². The Morgan fingerprint density at radius 1 is 1.17 bits per heavy atom. The molecule has 3 rings (SSSR count). The molecule has 126 valence electrons. The second-order valence-electron chi connectivity index (χ2n) is 5.59. The zero-order valence-electron chi connectivity index (χ0n) is 12.7. The van der Waals surface area contributed by atoms with Gasteiger partial charge in [-0.15, -0.1) is 0 Å². The minimum atomic E-state index is -3.45. The zero-order chi connectivity index (χ0) is 17.2. The lowest BCUT2D eigenvalue weighted by molar-refractivity contribution is 0.0950. The van der Waals surface area contributed by atoms with Gasteiger partial charge in [0.1, 0.15) is 5.15 Å². The van der Waals surface area contributed by atoms with Crippen LogP contribution >= 0.6 is 11.6 Å². The summed E-state index contributed by atoms with van der Waals surface area (Å²) >= 11 is 5.68. The van der Waals surface area contributed by atoms with Crippen molar-refractivity contribution in [1.29, 1.82) is 0 Å². The fraction of sp³-hybridized carbons (Fsp3) is 0.250. The predicted octanol–water partition coefficient (Wildman–Crippen LogP) is 2.11. The molecule has 1 aromatic carbocycles. The van der Waals surface area contributed by atoms with E-state index >= 15 is 0 Å². The number of carbonyl (C=O) groups is 1. The van der Waals surface area contributed by atoms with Crippen molar-refractivity contribution in [1.82, 2.24) is 15.0 Å². The molecule has 0 unspecified atom stereocenters. The number of amides is 1. The number of carbonyl (C=O) groups excluding carboxylic acids is 1. The van der Waals surface area contributed by atoms with E-state index in [0.717, 1.165) is 18.4 Å². The van der Waals surface area contributed by atoms with Gasteiger partial charge in [-0.2, -0.15) is 0 Å². The molecule has 0 bridgehead atoms. The number of sulfonamides is 1. The molecule has 2 aromatic rings. The van der Waals surface area contributed by atoms with Crippen LogP contribution in [0, 0.1) is 0 Å². The summed E-state index contributed by atoms with van der Waals surface area (Å²) in [4.78, 5) is 16.1. The molecule has 0 aliphatic heterocycles. The maximum atomic E-state index is 12.1. The molecule has 6 nitrogen and oxygen atoms in total. The van der Waals surface area contributed by atoms with E-state index in [1.54, 1.807) is 24.3 Å². The minimum absolute atomic E-state index is 0.0712. The molecular weight excluding hydrogens is 350 g/mol. The second-order valence-corrected chi connectivity index (χ2v) is 7.69. The van der Waals surface area contributed by atoms with Crippen molar-refractivity contribution in [3.05, 3.63) is 58.9 Å². The number of hydrogen-bond acceptors (Lipinski definition) is 4. The Kier molecular flexibility index (Phi) is 4.84. The Bertz CT molecular complexity index is 832. The van der Waals surface area contributed by atoms with Gasteiger partial charge in [-0.05, 0) is 42.7 Å². The standard InChI is InChI=1S/C16H16ClN3O3S/c17-15-8-3-12(10-18-15)16(21)19-9-11-1-6-14(7-2-11)24(22,23)20-13-4-5-13/h1-3,6-8,10,13,20H,4-5,9H2,(H,19,21). The Hall–Kier alpha value is -1.96. The van der Waals surface area contributed by atoms with Crippen molar-refractivity contribution >= 4 is 27.5 Å². The monoisotopic (exact) mass is 365 g/mol. The summed E-state index contributed by atoms with van der Waals surface area (Å²) in [5.41, 5.74) is 1.21. The van der Waals surface area contributed by atoms with E-state index in [9.17, 15) is 13.2 Å². The largest absolute Gasteiger partial charge is 0.348 e. The molecule has 0 saturated heterocycles. The van der Waals surface area contributed by atoms with Gasteiger partial charge < -0.3 is 5.32 Å². The van der Waals surface area contributed by atoms with Gasteiger partial charge in [0, 0.05) is 18.8 Å². The van der Waals surface area contributed by atoms with E-state index in [1.807, 2.05) is 0 Å². The summed E-state index contributed by atoms with van der Waals surface area (Å²) in [5, 5.41) is 3.07. The van der Waals surface area contributed by atoms with Gasteiger partial charge in [0.15, 0.2) is 0 Å². The number of pyridine rings is 1. The summed E-state index contributed by atoms with van der Waals surface area (Å²) in [6, 6.07) is 9.64. The van der Waals surface area contributed by atoms with Crippen molar-refractivity contribution in [3.63, 3.8) is 0 Å². The van der Waals surface area contributed by atoms with Crippen molar-refractivity contribution in [2.45, 2.75) is 30.3 Å². The smallest absolute Gasteiger partial charge is 0.253 e. The number of nitrogens with zero attached hydrogens (tertiary/aromatic N) is 1. The first-order valence-electron chi connectivity index (χ1n) is 7.45. The Morgan fingerprint density at radius 3 is 2.46 bits per heavy atom. The maximum Gasteiger partial charge on any atom is 0.253 e. The molecule has 0 spiro atoms. The third kappa shape index (κ3) is 4.31. The third-order valence-electron chi connectivity index (χ3n) is 3.58. The van der Waals surface area contributed by atoms with Crippen LogP contribution in [-0.4, -0.2) is 25.4 Å². The Balaban J connectivity index is 1.59. The highest BCUT2D eigenvalue weighted by atomic mass is 35.5. The Morgan fingerprint density at radius 2 is 1.88 bits per heavy atom. The van der Waals surface area contributed by atoms with Gasteiger partial charge in [-0.1, -0.05) is 23.7 Å². The molecule has 1 aliphatic carbocycles. The summed E-state index contributed by atoms with van der Waals surface area (Å²) in [5.74, 6) is -0.272. The van der Waals surface area contributed by atoms with Crippen LogP contribution in [0.4, 0.5) is 0 Å². The predicted molar refractivity (Wildman–Crippen MR) is 90.2 cm³/mol. The van der Waals surface area contributed by atoms with E-state index in [2.05, 4.69) is 15.0 Å². The minimum Gasteiger partial charge on any atom is -0.348 e. The van der Waals surface area contributed by atoms with Crippen LogP contribution in [0.5, 0.6) is 0 Å². The molecule has 0 radical (unpaired) electrons. The molecule has 1 fully saturated rings. The van der Waals surface area contributed by atoms with Gasteiger partial charge in [0.2, 0.25) is 10.0 Å². The van der Waals surface area contributed by atoms with Crippen LogP contribution in [0.25, 0.3) is 0 Å². The summed E-state index contributed by atoms with van der Waals surface area (Å²) in [7, 11) is -3.45. The number of aromatic nitrogens is 1. The van der Waals surface area contributed by atoms with Gasteiger partial charge in [0.25, 0.3) is 5.91 Å². The normalized spacial score (nSPS) is 14.4. The van der Waals surface area contributed by atoms with E-state index in [1.165, 1.54) is 18.3 Å². The fourth-order valence-electron chi connectivity index (χ4n) is 2.07. The van der Waals surface area contributed by atoms with Crippen LogP contribution < -0.4 is 10.0 Å². The molecular formula is C16H16ClN3O3S. The van der Waals surface area contributed by atoms with Gasteiger partial charge in [-0.3, -0.25) is 4.79 Å². The van der Waals surface area contributed by atoms with Crippen LogP contribution in [0.3, 0.4) is 0 Å². The first kappa shape index (κ1) is 16.9. The molecule has 1 aliphatic rings. The molecule has 1 amide bonds. The van der Waals surface area contributed by atoms with Crippen LogP contribution in [0.1, 0.15) is 28.8 Å². The van der Waals surface area contributed by atoms with E-state index < -0.39 is 10.0 Å². The number of rotatable bonds is 6. The zero-order valence-corrected chi connectivity index (χ0v) is 14.3. The second kappa shape index (κ2) is 6.88. The lowest BCUT2D eigenvalue weighted by Gasteiger charge is -2.08. The van der Waals surface area contributed by atoms with Crippen molar-refractivity contribution in [2.75, 3.05) is 0 Å². The average molecular weight is 366 g/mol. The number of halogens is 1. The van der Waals surface area contributed by atoms with E-state index in [4.69, 9.17) is 11.6 Å². The first-order chi connectivity index (χ1) is 11.4. The summed E-state index contributed by atoms with van der Waals surface area (Å²) in [6.07, 6.45) is 3.18. The summed E-state index contributed by atoms with van der Waals surface area (Å²) in [6.45, 7) is 0.290. The molecule has 24 heavy (non-hydrogen) atoms. The van der Waals surface area contributed by atoms with E-state index in [0.29, 0.717) is 10.7 Å². The van der Waals surface area contributed by atoms with Crippen molar-refractivity contribution in [3.8, 4) is 0 Å². The molecule has 1 aromatic heterocycles. The first-order valence-corrected chi connectivity index (χ1v) is 9.31. The van der Waals surface area contributed by atoms with Crippen LogP contribution in [0.15, 0.2) is 47.5 Å². The number of nitrogens with one attached hydrogen (secondary N) is 2. The molecule has 2 N–H and O–H groups in total. The summed E-state index contributed by atoms with van der Waals surface area (Å²) < 4.78 is 26.8. The van der Waals surface area contributed by atoms with Gasteiger partial charge in [0.05, 0.1) is 10.5 Å². The maximum absolute atomic E-state index is 12.1. The average Bonchev–Trinajstić information content (AvgIpc) is 3.37. The molecule has 0 atom stereocenters. The SMILES string of the molecule is O=C(NCc1ccc(S(=O)(=O)NC2CC2)cc1)c1ccc(Cl)nc1. The van der Waals surface area contributed by atoms with Crippen LogP contribution in [0.2, 0.25) is 5.15 Å². The molecule has 8 heteroatoms. The molecule has 1 saturated carbocycles. The highest BCUT2D eigenvalue weighted by Gasteiger charge is 2.27. The van der Waals surface area contributed by atoms with Gasteiger partial charge in [-0.25, -0.2) is 18.1 Å². The topological polar surface area (TPSA) is 88.2 Å². The molecule has 1 heterocycles. The van der Waals surface area contributed by atoms with Gasteiger partial charge >= 0.3 is 0 Å². The fourth-order valence-corrected chi connectivity index (χ4v) is 3.49. The van der Waals surface area contributed by atoms with Crippen molar-refractivity contribution in [2.24, 2.45) is 0 Å².